The molecule has 1 N–H and O–H groups in total. The lowest BCUT2D eigenvalue weighted by Crippen LogP contribution is -2.15. The van der Waals surface area contributed by atoms with Gasteiger partial charge < -0.3 is 19.3 Å². The van der Waals surface area contributed by atoms with Crippen molar-refractivity contribution in [2.24, 2.45) is 5.41 Å². The molecule has 2 aromatic carbocycles. The summed E-state index contributed by atoms with van der Waals surface area (Å²) in [6.45, 7) is 7.37. The summed E-state index contributed by atoms with van der Waals surface area (Å²) < 4.78 is 17.0. The van der Waals surface area contributed by atoms with Crippen LogP contribution in [0.5, 0.6) is 11.5 Å². The highest BCUT2D eigenvalue weighted by molar-refractivity contribution is 6.00. The van der Waals surface area contributed by atoms with Crippen molar-refractivity contribution in [2.75, 3.05) is 20.8 Å². The molecule has 0 amide bonds. The zero-order valence-electron chi connectivity index (χ0n) is 17.8. The molecule has 3 aromatic rings. The van der Waals surface area contributed by atoms with Gasteiger partial charge in [-0.05, 0) is 57.1 Å². The van der Waals surface area contributed by atoms with Gasteiger partial charge in [-0.2, -0.15) is 0 Å². The molecule has 29 heavy (non-hydrogen) atoms. The van der Waals surface area contributed by atoms with Gasteiger partial charge in [0.15, 0.2) is 11.5 Å². The van der Waals surface area contributed by atoms with Crippen molar-refractivity contribution in [1.29, 1.82) is 0 Å². The topological polar surface area (TPSA) is 60.8 Å². The Morgan fingerprint density at radius 2 is 1.76 bits per heavy atom. The van der Waals surface area contributed by atoms with E-state index in [2.05, 4.69) is 31.8 Å². The first kappa shape index (κ1) is 21.1. The zero-order chi connectivity index (χ0) is 21.0. The molecule has 0 fully saturated rings. The van der Waals surface area contributed by atoms with Crippen LogP contribution in [-0.2, 0) is 18.0 Å². The van der Waals surface area contributed by atoms with E-state index >= 15 is 0 Å². The predicted octanol–water partition coefficient (Wildman–Crippen LogP) is 4.97. The van der Waals surface area contributed by atoms with Gasteiger partial charge in [0, 0.05) is 18.0 Å². The second-order valence-corrected chi connectivity index (χ2v) is 8.27. The average molecular weight is 395 g/mol. The van der Waals surface area contributed by atoms with Crippen molar-refractivity contribution in [2.45, 2.75) is 34.0 Å². The maximum Gasteiger partial charge on any atom is 0.161 e. The Bertz CT molecular complexity index is 978. The van der Waals surface area contributed by atoms with Crippen LogP contribution in [0.2, 0.25) is 0 Å². The molecule has 154 valence electrons. The highest BCUT2D eigenvalue weighted by Gasteiger charge is 2.18. The van der Waals surface area contributed by atoms with Crippen molar-refractivity contribution < 1.29 is 19.3 Å². The molecule has 0 radical (unpaired) electrons. The smallest absolute Gasteiger partial charge is 0.161 e. The summed E-state index contributed by atoms with van der Waals surface area (Å²) in [6.07, 6.45) is 3.55. The van der Waals surface area contributed by atoms with E-state index in [9.17, 15) is 5.11 Å². The monoisotopic (exact) mass is 395 g/mol. The maximum absolute atomic E-state index is 10.3. The van der Waals surface area contributed by atoms with Crippen molar-refractivity contribution in [1.82, 2.24) is 4.98 Å². The van der Waals surface area contributed by atoms with Crippen molar-refractivity contribution in [3.05, 3.63) is 53.9 Å². The quantitative estimate of drug-likeness (QED) is 0.612. The number of benzene rings is 2. The predicted molar refractivity (Wildman–Crippen MR) is 115 cm³/mol. The van der Waals surface area contributed by atoms with Gasteiger partial charge in [0.2, 0.25) is 0 Å². The summed E-state index contributed by atoms with van der Waals surface area (Å²) in [5, 5.41) is 12.2. The molecular weight excluding hydrogens is 366 g/mol. The molecule has 0 aliphatic heterocycles. The average Bonchev–Trinajstić information content (AvgIpc) is 2.71. The molecule has 0 aliphatic carbocycles. The summed E-state index contributed by atoms with van der Waals surface area (Å²) >= 11 is 0. The molecule has 0 bridgehead atoms. The number of hydrogen-bond donors (Lipinski definition) is 1. The minimum absolute atomic E-state index is 0.0684. The van der Waals surface area contributed by atoms with Crippen LogP contribution >= 0.6 is 0 Å². The number of fused-ring (bicyclic) bond motifs is 1. The number of ether oxygens (including phenoxy) is 3. The van der Waals surface area contributed by atoms with Gasteiger partial charge in [-0.25, -0.2) is 0 Å². The van der Waals surface area contributed by atoms with E-state index in [1.54, 1.807) is 20.4 Å². The van der Waals surface area contributed by atoms with E-state index in [-0.39, 0.29) is 12.0 Å². The number of hydrogen-bond acceptors (Lipinski definition) is 5. The molecule has 0 atom stereocenters. The first-order valence-corrected chi connectivity index (χ1v) is 9.67. The molecule has 5 nitrogen and oxygen atoms in total. The van der Waals surface area contributed by atoms with Crippen molar-refractivity contribution in [3.63, 3.8) is 0 Å². The van der Waals surface area contributed by atoms with Crippen LogP contribution < -0.4 is 9.47 Å². The number of nitrogens with zero attached hydrogens (tertiary/aromatic N) is 1. The Morgan fingerprint density at radius 1 is 1.03 bits per heavy atom. The van der Waals surface area contributed by atoms with Gasteiger partial charge in [0.05, 0.1) is 34.0 Å². The zero-order valence-corrected chi connectivity index (χ0v) is 17.8. The minimum atomic E-state index is -0.0945. The highest BCUT2D eigenvalue weighted by Crippen LogP contribution is 2.40. The van der Waals surface area contributed by atoms with Crippen LogP contribution in [0.1, 0.15) is 31.9 Å². The number of pyridine rings is 1. The normalized spacial score (nSPS) is 11.7. The van der Waals surface area contributed by atoms with E-state index in [1.165, 1.54) is 0 Å². The Morgan fingerprint density at radius 3 is 2.34 bits per heavy atom. The van der Waals surface area contributed by atoms with Gasteiger partial charge in [0.25, 0.3) is 0 Å². The van der Waals surface area contributed by atoms with Crippen molar-refractivity contribution in [3.8, 4) is 22.6 Å². The fraction of sp³-hybridized carbons (Fsp3) is 0.375. The lowest BCUT2D eigenvalue weighted by Gasteiger charge is -2.21. The number of aromatic nitrogens is 1. The van der Waals surface area contributed by atoms with Gasteiger partial charge in [-0.3, -0.25) is 4.98 Å². The van der Waals surface area contributed by atoms with Crippen LogP contribution in [0, 0.1) is 5.41 Å². The Kier molecular flexibility index (Phi) is 6.40. The summed E-state index contributed by atoms with van der Waals surface area (Å²) in [5.74, 6) is 1.31. The molecule has 0 aliphatic rings. The molecule has 0 spiro atoms. The maximum atomic E-state index is 10.3. The van der Waals surface area contributed by atoms with Crippen LogP contribution in [-0.4, -0.2) is 30.9 Å². The van der Waals surface area contributed by atoms with Crippen LogP contribution in [0.3, 0.4) is 0 Å². The third-order valence-corrected chi connectivity index (χ3v) is 4.75. The molecule has 0 saturated heterocycles. The summed E-state index contributed by atoms with van der Waals surface area (Å²) in [6, 6.07) is 9.87. The Labute approximate surface area is 172 Å². The second kappa shape index (κ2) is 8.80. The van der Waals surface area contributed by atoms with E-state index < -0.39 is 0 Å². The summed E-state index contributed by atoms with van der Waals surface area (Å²) in [7, 11) is 3.25. The molecule has 0 unspecified atom stereocenters. The Hall–Kier alpha value is -2.63. The van der Waals surface area contributed by atoms with Crippen LogP contribution in [0.25, 0.3) is 21.9 Å². The molecule has 5 heteroatoms. The SMILES string of the molecule is COc1cc2cc(COCC(C)(C)C)c(CO)c(-c3cccnc3)c2cc1OC. The number of methoxy groups -OCH3 is 2. The summed E-state index contributed by atoms with van der Waals surface area (Å²) in [5.41, 5.74) is 3.74. The van der Waals surface area contributed by atoms with E-state index in [4.69, 9.17) is 14.2 Å². The van der Waals surface area contributed by atoms with Gasteiger partial charge in [0.1, 0.15) is 0 Å². The van der Waals surface area contributed by atoms with E-state index in [0.29, 0.717) is 24.7 Å². The highest BCUT2D eigenvalue weighted by atomic mass is 16.5. The fourth-order valence-corrected chi connectivity index (χ4v) is 3.45. The fourth-order valence-electron chi connectivity index (χ4n) is 3.45. The molecular formula is C24H29NO4. The van der Waals surface area contributed by atoms with Gasteiger partial charge in [-0.15, -0.1) is 0 Å². The lowest BCUT2D eigenvalue weighted by atomic mass is 9.90. The van der Waals surface area contributed by atoms with E-state index in [0.717, 1.165) is 33.0 Å². The molecule has 0 saturated carbocycles. The second-order valence-electron chi connectivity index (χ2n) is 8.27. The molecule has 3 rings (SSSR count). The first-order chi connectivity index (χ1) is 13.9. The first-order valence-electron chi connectivity index (χ1n) is 9.67. The number of aliphatic hydroxyl groups is 1. The summed E-state index contributed by atoms with van der Waals surface area (Å²) in [4.78, 5) is 4.27. The third kappa shape index (κ3) is 4.69. The largest absolute Gasteiger partial charge is 0.493 e. The third-order valence-electron chi connectivity index (χ3n) is 4.75. The Balaban J connectivity index is 2.23. The van der Waals surface area contributed by atoms with E-state index in [1.807, 2.05) is 30.5 Å². The number of rotatable bonds is 7. The van der Waals surface area contributed by atoms with Gasteiger partial charge >= 0.3 is 0 Å². The minimum Gasteiger partial charge on any atom is -0.493 e. The number of aliphatic hydroxyl groups excluding tert-OH is 1. The van der Waals surface area contributed by atoms with Crippen LogP contribution in [0.15, 0.2) is 42.7 Å². The van der Waals surface area contributed by atoms with Crippen molar-refractivity contribution >= 4 is 10.8 Å². The molecule has 1 heterocycles. The van der Waals surface area contributed by atoms with Gasteiger partial charge in [-0.1, -0.05) is 26.8 Å². The standard InChI is InChI=1S/C24H29NO4/c1-24(2,3)15-29-14-18-9-17-10-21(27-4)22(28-5)11-19(17)23(20(18)13-26)16-7-6-8-25-12-16/h6-12,26H,13-15H2,1-5H3. The van der Waals surface area contributed by atoms with Crippen LogP contribution in [0.4, 0.5) is 0 Å². The lowest BCUT2D eigenvalue weighted by molar-refractivity contribution is 0.0591. The molecule has 1 aromatic heterocycles.